The van der Waals surface area contributed by atoms with E-state index < -0.39 is 0 Å². The summed E-state index contributed by atoms with van der Waals surface area (Å²) in [4.78, 5) is 17.9. The van der Waals surface area contributed by atoms with Gasteiger partial charge >= 0.3 is 0 Å². The van der Waals surface area contributed by atoms with Crippen molar-refractivity contribution in [3.8, 4) is 0 Å². The van der Waals surface area contributed by atoms with E-state index in [1.165, 1.54) is 26.2 Å². The highest BCUT2D eigenvalue weighted by molar-refractivity contribution is 5.54. The first-order valence-corrected chi connectivity index (χ1v) is 5.86. The minimum atomic E-state index is 0.289. The fraction of sp³-hybridized carbons (Fsp3) is 0.909. The number of likely N-dealkylation sites (tertiary alicyclic amines) is 1. The molecule has 2 aliphatic heterocycles. The molecule has 0 amide bonds. The van der Waals surface area contributed by atoms with Gasteiger partial charge in [-0.05, 0) is 13.5 Å². The molecular formula is C11H21N3O. The van der Waals surface area contributed by atoms with Gasteiger partial charge in [-0.15, -0.1) is 0 Å². The van der Waals surface area contributed by atoms with Gasteiger partial charge in [0.25, 0.3) is 0 Å². The van der Waals surface area contributed by atoms with Gasteiger partial charge in [0.05, 0.1) is 6.67 Å². The van der Waals surface area contributed by atoms with Crippen molar-refractivity contribution in [3.05, 3.63) is 0 Å². The molecule has 0 aromatic heterocycles. The Morgan fingerprint density at radius 2 is 1.87 bits per heavy atom. The first kappa shape index (κ1) is 11.0. The standard InChI is InChI=1S/C11H21N3O/c1-12-4-6-13(7-5-12)10-14-3-2-11(8-14)9-15/h9,11H,2-8,10H2,1H3. The van der Waals surface area contributed by atoms with Crippen LogP contribution >= 0.6 is 0 Å². The third-order valence-corrected chi connectivity index (χ3v) is 3.50. The summed E-state index contributed by atoms with van der Waals surface area (Å²) >= 11 is 0. The third-order valence-electron chi connectivity index (χ3n) is 3.50. The van der Waals surface area contributed by atoms with E-state index in [4.69, 9.17) is 0 Å². The van der Waals surface area contributed by atoms with Crippen LogP contribution in [-0.4, -0.2) is 74.0 Å². The van der Waals surface area contributed by atoms with E-state index in [9.17, 15) is 4.79 Å². The summed E-state index contributed by atoms with van der Waals surface area (Å²) in [6.45, 7) is 7.79. The Labute approximate surface area is 91.8 Å². The van der Waals surface area contributed by atoms with E-state index in [0.29, 0.717) is 0 Å². The maximum atomic E-state index is 10.6. The molecule has 86 valence electrons. The average molecular weight is 211 g/mol. The Kier molecular flexibility index (Phi) is 3.72. The largest absolute Gasteiger partial charge is 0.304 e. The van der Waals surface area contributed by atoms with Crippen molar-refractivity contribution in [1.82, 2.24) is 14.7 Å². The fourth-order valence-corrected chi connectivity index (χ4v) is 2.37. The minimum Gasteiger partial charge on any atom is -0.304 e. The number of hydrogen-bond acceptors (Lipinski definition) is 4. The Morgan fingerprint density at radius 3 is 2.47 bits per heavy atom. The molecule has 2 rings (SSSR count). The highest BCUT2D eigenvalue weighted by atomic mass is 16.1. The van der Waals surface area contributed by atoms with Crippen LogP contribution in [0.1, 0.15) is 6.42 Å². The van der Waals surface area contributed by atoms with Crippen molar-refractivity contribution < 1.29 is 4.79 Å². The summed E-state index contributed by atoms with van der Waals surface area (Å²) in [7, 11) is 2.18. The molecule has 0 N–H and O–H groups in total. The quantitative estimate of drug-likeness (QED) is 0.600. The van der Waals surface area contributed by atoms with Crippen LogP contribution in [0.5, 0.6) is 0 Å². The predicted octanol–water partition coefficient (Wildman–Crippen LogP) is -0.288. The number of hydrogen-bond donors (Lipinski definition) is 0. The Hall–Kier alpha value is -0.450. The fourth-order valence-electron chi connectivity index (χ4n) is 2.37. The van der Waals surface area contributed by atoms with Crippen molar-refractivity contribution in [2.24, 2.45) is 5.92 Å². The van der Waals surface area contributed by atoms with Crippen LogP contribution in [0.3, 0.4) is 0 Å². The van der Waals surface area contributed by atoms with Gasteiger partial charge in [-0.25, -0.2) is 0 Å². The molecule has 2 aliphatic rings. The van der Waals surface area contributed by atoms with E-state index in [-0.39, 0.29) is 5.92 Å². The van der Waals surface area contributed by atoms with Gasteiger partial charge in [-0.1, -0.05) is 0 Å². The zero-order valence-corrected chi connectivity index (χ0v) is 9.56. The topological polar surface area (TPSA) is 26.8 Å². The van der Waals surface area contributed by atoms with Gasteiger partial charge in [0.2, 0.25) is 0 Å². The second kappa shape index (κ2) is 5.05. The second-order valence-electron chi connectivity index (χ2n) is 4.82. The number of piperazine rings is 1. The minimum absolute atomic E-state index is 0.289. The van der Waals surface area contributed by atoms with Crippen LogP contribution in [0, 0.1) is 5.92 Å². The molecule has 1 atom stereocenters. The van der Waals surface area contributed by atoms with Gasteiger partial charge in [0, 0.05) is 45.2 Å². The highest BCUT2D eigenvalue weighted by Gasteiger charge is 2.24. The van der Waals surface area contributed by atoms with Crippen LogP contribution in [0.25, 0.3) is 0 Å². The predicted molar refractivity (Wildman–Crippen MR) is 59.7 cm³/mol. The van der Waals surface area contributed by atoms with Crippen LogP contribution in [-0.2, 0) is 4.79 Å². The van der Waals surface area contributed by atoms with E-state index in [2.05, 4.69) is 21.7 Å². The number of nitrogens with zero attached hydrogens (tertiary/aromatic N) is 3. The summed E-state index contributed by atoms with van der Waals surface area (Å²) in [6, 6.07) is 0. The maximum Gasteiger partial charge on any atom is 0.124 e. The monoisotopic (exact) mass is 211 g/mol. The third kappa shape index (κ3) is 3.00. The number of likely N-dealkylation sites (N-methyl/N-ethyl adjacent to an activating group) is 1. The SMILES string of the molecule is CN1CCN(CN2CCC(C=O)C2)CC1. The first-order chi connectivity index (χ1) is 7.28. The zero-order valence-electron chi connectivity index (χ0n) is 9.56. The molecule has 15 heavy (non-hydrogen) atoms. The molecular weight excluding hydrogens is 190 g/mol. The van der Waals surface area contributed by atoms with Crippen molar-refractivity contribution in [1.29, 1.82) is 0 Å². The van der Waals surface area contributed by atoms with Crippen LogP contribution in [0.15, 0.2) is 0 Å². The van der Waals surface area contributed by atoms with E-state index >= 15 is 0 Å². The number of aldehydes is 1. The molecule has 0 bridgehead atoms. The smallest absolute Gasteiger partial charge is 0.124 e. The van der Waals surface area contributed by atoms with Gasteiger partial charge in [0.15, 0.2) is 0 Å². The maximum absolute atomic E-state index is 10.6. The lowest BCUT2D eigenvalue weighted by Gasteiger charge is -2.34. The molecule has 2 heterocycles. The molecule has 0 radical (unpaired) electrons. The number of rotatable bonds is 3. The summed E-state index contributed by atoms with van der Waals surface area (Å²) in [6.07, 6.45) is 2.17. The van der Waals surface area contributed by atoms with Gasteiger partial charge in [0.1, 0.15) is 6.29 Å². The van der Waals surface area contributed by atoms with Gasteiger partial charge < -0.3 is 9.69 Å². The van der Waals surface area contributed by atoms with E-state index in [1.54, 1.807) is 0 Å². The average Bonchev–Trinajstić information content (AvgIpc) is 2.69. The molecule has 0 aromatic rings. The molecule has 0 spiro atoms. The highest BCUT2D eigenvalue weighted by Crippen LogP contribution is 2.14. The lowest BCUT2D eigenvalue weighted by molar-refractivity contribution is -0.110. The number of carbonyl (C=O) groups excluding carboxylic acids is 1. The molecule has 0 saturated carbocycles. The summed E-state index contributed by atoms with van der Waals surface area (Å²) in [5.74, 6) is 0.289. The second-order valence-corrected chi connectivity index (χ2v) is 4.82. The van der Waals surface area contributed by atoms with Crippen molar-refractivity contribution in [3.63, 3.8) is 0 Å². The Balaban J connectivity index is 1.71. The molecule has 4 nitrogen and oxygen atoms in total. The normalized spacial score (nSPS) is 30.9. The van der Waals surface area contributed by atoms with Gasteiger partial charge in [-0.3, -0.25) is 9.80 Å². The zero-order chi connectivity index (χ0) is 10.7. The summed E-state index contributed by atoms with van der Waals surface area (Å²) in [5, 5.41) is 0. The Morgan fingerprint density at radius 1 is 1.13 bits per heavy atom. The number of carbonyl (C=O) groups is 1. The molecule has 4 heteroatoms. The van der Waals surface area contributed by atoms with Crippen LogP contribution in [0.2, 0.25) is 0 Å². The first-order valence-electron chi connectivity index (χ1n) is 5.86. The molecule has 2 fully saturated rings. The van der Waals surface area contributed by atoms with Crippen LogP contribution < -0.4 is 0 Å². The van der Waals surface area contributed by atoms with Crippen molar-refractivity contribution in [2.75, 3.05) is 53.0 Å². The van der Waals surface area contributed by atoms with Crippen molar-refractivity contribution in [2.45, 2.75) is 6.42 Å². The van der Waals surface area contributed by atoms with Crippen LogP contribution in [0.4, 0.5) is 0 Å². The lowest BCUT2D eigenvalue weighted by Crippen LogP contribution is -2.48. The molecule has 0 aliphatic carbocycles. The molecule has 0 aromatic carbocycles. The van der Waals surface area contributed by atoms with E-state index in [0.717, 1.165) is 32.5 Å². The Bertz CT molecular complexity index is 214. The van der Waals surface area contributed by atoms with Crippen molar-refractivity contribution >= 4 is 6.29 Å². The lowest BCUT2D eigenvalue weighted by atomic mass is 10.1. The molecule has 1 unspecified atom stereocenters. The van der Waals surface area contributed by atoms with E-state index in [1.807, 2.05) is 0 Å². The summed E-state index contributed by atoms with van der Waals surface area (Å²) in [5.41, 5.74) is 0. The molecule has 2 saturated heterocycles. The summed E-state index contributed by atoms with van der Waals surface area (Å²) < 4.78 is 0. The van der Waals surface area contributed by atoms with Gasteiger partial charge in [-0.2, -0.15) is 0 Å².